The molecule has 0 amide bonds. The second-order valence-corrected chi connectivity index (χ2v) is 5.08. The molecule has 1 nitrogen and oxygen atoms in total. The minimum Gasteiger partial charge on any atom is -0.321 e. The van der Waals surface area contributed by atoms with Crippen molar-refractivity contribution in [2.24, 2.45) is 5.73 Å². The second-order valence-electron chi connectivity index (χ2n) is 4.68. The van der Waals surface area contributed by atoms with Gasteiger partial charge in [-0.3, -0.25) is 0 Å². The first-order valence-corrected chi connectivity index (χ1v) is 5.60. The van der Waals surface area contributed by atoms with Gasteiger partial charge in [0.15, 0.2) is 0 Å². The van der Waals surface area contributed by atoms with Crippen molar-refractivity contribution >= 4 is 11.6 Å². The minimum absolute atomic E-state index is 0.188. The van der Waals surface area contributed by atoms with Gasteiger partial charge in [0, 0.05) is 11.1 Å². The minimum atomic E-state index is -0.460. The number of benzene rings is 1. The lowest BCUT2D eigenvalue weighted by molar-refractivity contribution is 0.576. The fourth-order valence-corrected chi connectivity index (χ4v) is 1.94. The maximum atomic E-state index is 13.8. The smallest absolute Gasteiger partial charge is 0.146 e. The van der Waals surface area contributed by atoms with E-state index in [9.17, 15) is 4.39 Å². The average Bonchev–Trinajstić information content (AvgIpc) is 2.89. The van der Waals surface area contributed by atoms with Gasteiger partial charge < -0.3 is 5.73 Å². The van der Waals surface area contributed by atoms with Crippen molar-refractivity contribution in [3.8, 4) is 0 Å². The van der Waals surface area contributed by atoms with Crippen LogP contribution in [0, 0.1) is 5.82 Å². The molecule has 0 aromatic heterocycles. The molecule has 1 aromatic carbocycles. The van der Waals surface area contributed by atoms with Crippen LogP contribution in [0.2, 0.25) is 5.02 Å². The predicted molar refractivity (Wildman–Crippen MR) is 60.6 cm³/mol. The molecule has 82 valence electrons. The highest BCUT2D eigenvalue weighted by molar-refractivity contribution is 6.30. The van der Waals surface area contributed by atoms with Crippen LogP contribution in [-0.4, -0.2) is 0 Å². The van der Waals surface area contributed by atoms with Crippen LogP contribution in [0.25, 0.3) is 0 Å². The third kappa shape index (κ3) is 1.88. The molecule has 1 fully saturated rings. The summed E-state index contributed by atoms with van der Waals surface area (Å²) < 4.78 is 13.8. The lowest BCUT2D eigenvalue weighted by Crippen LogP contribution is -2.21. The number of hydrogen-bond acceptors (Lipinski definition) is 1. The Hall–Kier alpha value is -0.600. The molecule has 0 radical (unpaired) electrons. The molecule has 1 saturated carbocycles. The SMILES string of the molecule is CC(C)c1cc(Cl)c(F)c(C2(N)CC2)c1. The lowest BCUT2D eigenvalue weighted by atomic mass is 9.96. The summed E-state index contributed by atoms with van der Waals surface area (Å²) in [6, 6.07) is 3.55. The number of halogens is 2. The summed E-state index contributed by atoms with van der Waals surface area (Å²) in [5, 5.41) is 0.188. The number of nitrogens with two attached hydrogens (primary N) is 1. The summed E-state index contributed by atoms with van der Waals surface area (Å²) in [6.07, 6.45) is 1.70. The van der Waals surface area contributed by atoms with E-state index in [4.69, 9.17) is 17.3 Å². The molecule has 0 atom stereocenters. The van der Waals surface area contributed by atoms with Gasteiger partial charge in [-0.05, 0) is 30.4 Å². The van der Waals surface area contributed by atoms with Gasteiger partial charge in [-0.25, -0.2) is 4.39 Å². The van der Waals surface area contributed by atoms with Gasteiger partial charge >= 0.3 is 0 Å². The van der Waals surface area contributed by atoms with Crippen molar-refractivity contribution < 1.29 is 4.39 Å². The van der Waals surface area contributed by atoms with E-state index in [2.05, 4.69) is 13.8 Å². The predicted octanol–water partition coefficient (Wildman–Crippen LogP) is 3.55. The highest BCUT2D eigenvalue weighted by atomic mass is 35.5. The van der Waals surface area contributed by atoms with Crippen LogP contribution in [0.15, 0.2) is 12.1 Å². The first kappa shape index (κ1) is 10.9. The third-order valence-electron chi connectivity index (χ3n) is 3.04. The van der Waals surface area contributed by atoms with Crippen molar-refractivity contribution in [2.75, 3.05) is 0 Å². The van der Waals surface area contributed by atoms with Crippen LogP contribution in [0.3, 0.4) is 0 Å². The molecule has 0 spiro atoms. The van der Waals surface area contributed by atoms with Crippen molar-refractivity contribution in [3.05, 3.63) is 34.1 Å². The van der Waals surface area contributed by atoms with E-state index in [1.54, 1.807) is 6.07 Å². The van der Waals surface area contributed by atoms with E-state index in [1.807, 2.05) is 6.07 Å². The zero-order valence-corrected chi connectivity index (χ0v) is 9.74. The van der Waals surface area contributed by atoms with Gasteiger partial charge in [0.2, 0.25) is 0 Å². The number of rotatable bonds is 2. The normalized spacial score (nSPS) is 18.3. The Kier molecular flexibility index (Phi) is 2.52. The molecule has 0 bridgehead atoms. The fourth-order valence-electron chi connectivity index (χ4n) is 1.71. The Balaban J connectivity index is 2.53. The van der Waals surface area contributed by atoms with E-state index in [0.717, 1.165) is 18.4 Å². The Morgan fingerprint density at radius 3 is 2.47 bits per heavy atom. The largest absolute Gasteiger partial charge is 0.321 e. The van der Waals surface area contributed by atoms with Crippen molar-refractivity contribution in [1.29, 1.82) is 0 Å². The Morgan fingerprint density at radius 1 is 1.40 bits per heavy atom. The molecule has 1 aliphatic carbocycles. The van der Waals surface area contributed by atoms with E-state index in [1.165, 1.54) is 0 Å². The van der Waals surface area contributed by atoms with Gasteiger partial charge in [-0.2, -0.15) is 0 Å². The van der Waals surface area contributed by atoms with E-state index < -0.39 is 5.54 Å². The van der Waals surface area contributed by atoms with Crippen LogP contribution in [0.4, 0.5) is 4.39 Å². The van der Waals surface area contributed by atoms with Crippen LogP contribution in [0.5, 0.6) is 0 Å². The Bertz CT molecular complexity index is 397. The molecule has 3 heteroatoms. The van der Waals surface area contributed by atoms with Gasteiger partial charge in [0.05, 0.1) is 5.02 Å². The van der Waals surface area contributed by atoms with E-state index >= 15 is 0 Å². The summed E-state index contributed by atoms with van der Waals surface area (Å²) in [6.45, 7) is 4.12. The summed E-state index contributed by atoms with van der Waals surface area (Å²) in [7, 11) is 0. The molecular formula is C12H15ClFN. The summed E-state index contributed by atoms with van der Waals surface area (Å²) in [5.41, 5.74) is 7.18. The van der Waals surface area contributed by atoms with Gasteiger partial charge in [0.25, 0.3) is 0 Å². The molecule has 0 unspecified atom stereocenters. The highest BCUT2D eigenvalue weighted by Gasteiger charge is 2.42. The van der Waals surface area contributed by atoms with Crippen LogP contribution in [-0.2, 0) is 5.54 Å². The van der Waals surface area contributed by atoms with Crippen LogP contribution < -0.4 is 5.73 Å². The van der Waals surface area contributed by atoms with Gasteiger partial charge in [-0.15, -0.1) is 0 Å². The van der Waals surface area contributed by atoms with E-state index in [0.29, 0.717) is 11.5 Å². The maximum Gasteiger partial charge on any atom is 0.146 e. The third-order valence-corrected chi connectivity index (χ3v) is 3.32. The van der Waals surface area contributed by atoms with Crippen molar-refractivity contribution in [2.45, 2.75) is 38.1 Å². The lowest BCUT2D eigenvalue weighted by Gasteiger charge is -2.15. The molecular weight excluding hydrogens is 213 g/mol. The average molecular weight is 228 g/mol. The first-order chi connectivity index (χ1) is 6.94. The molecule has 0 heterocycles. The van der Waals surface area contributed by atoms with Crippen LogP contribution in [0.1, 0.15) is 43.7 Å². The van der Waals surface area contributed by atoms with Gasteiger partial charge in [-0.1, -0.05) is 31.5 Å². The summed E-state index contributed by atoms with van der Waals surface area (Å²) in [5.74, 6) is -0.00901. The number of hydrogen-bond donors (Lipinski definition) is 1. The first-order valence-electron chi connectivity index (χ1n) is 5.22. The molecule has 0 saturated heterocycles. The summed E-state index contributed by atoms with van der Waals surface area (Å²) in [4.78, 5) is 0. The fraction of sp³-hybridized carbons (Fsp3) is 0.500. The van der Waals surface area contributed by atoms with Crippen molar-refractivity contribution in [3.63, 3.8) is 0 Å². The molecule has 1 aliphatic rings. The highest BCUT2D eigenvalue weighted by Crippen LogP contribution is 2.45. The summed E-state index contributed by atoms with van der Waals surface area (Å²) >= 11 is 5.87. The monoisotopic (exact) mass is 227 g/mol. The zero-order valence-electron chi connectivity index (χ0n) is 8.98. The second kappa shape index (κ2) is 3.46. The topological polar surface area (TPSA) is 26.0 Å². The molecule has 0 aliphatic heterocycles. The molecule has 15 heavy (non-hydrogen) atoms. The quantitative estimate of drug-likeness (QED) is 0.822. The van der Waals surface area contributed by atoms with Gasteiger partial charge in [0.1, 0.15) is 5.82 Å². The maximum absolute atomic E-state index is 13.8. The zero-order chi connectivity index (χ0) is 11.2. The molecule has 2 N–H and O–H groups in total. The molecule has 2 rings (SSSR count). The van der Waals surface area contributed by atoms with Crippen molar-refractivity contribution in [1.82, 2.24) is 0 Å². The molecule has 1 aromatic rings. The van der Waals surface area contributed by atoms with Crippen LogP contribution >= 0.6 is 11.6 Å². The van der Waals surface area contributed by atoms with E-state index in [-0.39, 0.29) is 10.8 Å². The Morgan fingerprint density at radius 2 is 2.00 bits per heavy atom. The Labute approximate surface area is 94.4 Å². The standard InChI is InChI=1S/C12H15ClFN/c1-7(2)8-5-9(12(15)3-4-12)11(14)10(13)6-8/h5-7H,3-4,15H2,1-2H3.